The number of hydrogen-bond acceptors (Lipinski definition) is 4. The van der Waals surface area contributed by atoms with E-state index in [1.54, 1.807) is 6.92 Å². The zero-order valence-corrected chi connectivity index (χ0v) is 14.1. The molecule has 2 heterocycles. The molecule has 0 saturated heterocycles. The van der Waals surface area contributed by atoms with E-state index in [0.717, 1.165) is 22.8 Å². The van der Waals surface area contributed by atoms with Gasteiger partial charge in [-0.3, -0.25) is 18.7 Å². The second-order valence-electron chi connectivity index (χ2n) is 5.80. The van der Waals surface area contributed by atoms with E-state index >= 15 is 0 Å². The Morgan fingerprint density at radius 3 is 2.46 bits per heavy atom. The van der Waals surface area contributed by atoms with Crippen LogP contribution in [0.25, 0.3) is 11.0 Å². The minimum Gasteiger partial charge on any atom is -0.321 e. The van der Waals surface area contributed by atoms with Gasteiger partial charge in [-0.25, -0.2) is 18.6 Å². The molecule has 3 aromatic rings. The molecular weight excluding hydrogens is 346 g/mol. The van der Waals surface area contributed by atoms with Crippen molar-refractivity contribution in [2.24, 2.45) is 14.1 Å². The highest BCUT2D eigenvalue weighted by atomic mass is 19.2. The van der Waals surface area contributed by atoms with E-state index in [-0.39, 0.29) is 22.3 Å². The maximum Gasteiger partial charge on any atom is 0.332 e. The Morgan fingerprint density at radius 1 is 1.12 bits per heavy atom. The Bertz CT molecular complexity index is 1180. The molecule has 3 rings (SSSR count). The van der Waals surface area contributed by atoms with Crippen molar-refractivity contribution in [3.8, 4) is 0 Å². The molecule has 0 bridgehead atoms. The number of pyridine rings is 1. The monoisotopic (exact) mass is 360 g/mol. The van der Waals surface area contributed by atoms with E-state index < -0.39 is 28.8 Å². The molecule has 0 fully saturated rings. The van der Waals surface area contributed by atoms with Crippen LogP contribution in [-0.4, -0.2) is 20.0 Å². The summed E-state index contributed by atoms with van der Waals surface area (Å²) < 4.78 is 28.5. The molecule has 0 aliphatic heterocycles. The number of benzene rings is 1. The maximum absolute atomic E-state index is 13.4. The number of halogens is 2. The Balaban J connectivity index is 2.20. The van der Waals surface area contributed by atoms with Crippen LogP contribution in [0.15, 0.2) is 34.0 Å². The Kier molecular flexibility index (Phi) is 4.15. The summed E-state index contributed by atoms with van der Waals surface area (Å²) in [7, 11) is 2.76. The van der Waals surface area contributed by atoms with Crippen molar-refractivity contribution in [3.05, 3.63) is 68.0 Å². The fourth-order valence-electron chi connectivity index (χ4n) is 2.61. The zero-order valence-electron chi connectivity index (χ0n) is 14.1. The van der Waals surface area contributed by atoms with Gasteiger partial charge in [0.15, 0.2) is 17.3 Å². The average molecular weight is 360 g/mol. The summed E-state index contributed by atoms with van der Waals surface area (Å²) in [4.78, 5) is 41.1. The number of aryl methyl sites for hydroxylation is 2. The third kappa shape index (κ3) is 2.67. The first-order valence-electron chi connectivity index (χ1n) is 7.54. The van der Waals surface area contributed by atoms with E-state index in [1.807, 2.05) is 0 Å². The molecule has 7 nitrogen and oxygen atoms in total. The van der Waals surface area contributed by atoms with Gasteiger partial charge in [-0.05, 0) is 30.7 Å². The first-order chi connectivity index (χ1) is 12.2. The summed E-state index contributed by atoms with van der Waals surface area (Å²) in [5, 5.41) is 2.58. The SMILES string of the molecule is Cc1cnc2c(c1NC(=O)c1ccc(F)c(F)c1)c(=O)n(C)c(=O)n2C. The first kappa shape index (κ1) is 17.5. The van der Waals surface area contributed by atoms with Crippen molar-refractivity contribution in [2.45, 2.75) is 6.92 Å². The van der Waals surface area contributed by atoms with Crippen molar-refractivity contribution >= 4 is 22.6 Å². The third-order valence-electron chi connectivity index (χ3n) is 4.08. The molecule has 0 aliphatic carbocycles. The number of nitrogens with zero attached hydrogens (tertiary/aromatic N) is 3. The molecule has 134 valence electrons. The smallest absolute Gasteiger partial charge is 0.321 e. The lowest BCUT2D eigenvalue weighted by Crippen LogP contribution is -2.37. The molecule has 1 aromatic carbocycles. The molecule has 1 amide bonds. The number of amides is 1. The molecule has 26 heavy (non-hydrogen) atoms. The number of rotatable bonds is 2. The molecule has 9 heteroatoms. The number of aromatic nitrogens is 3. The van der Waals surface area contributed by atoms with Crippen LogP contribution in [0.5, 0.6) is 0 Å². The van der Waals surface area contributed by atoms with Gasteiger partial charge < -0.3 is 5.32 Å². The highest BCUT2D eigenvalue weighted by molar-refractivity contribution is 6.08. The normalized spacial score (nSPS) is 11.0. The van der Waals surface area contributed by atoms with Gasteiger partial charge in [0.25, 0.3) is 11.5 Å². The largest absolute Gasteiger partial charge is 0.332 e. The van der Waals surface area contributed by atoms with Crippen molar-refractivity contribution in [1.29, 1.82) is 0 Å². The quantitative estimate of drug-likeness (QED) is 0.750. The molecule has 0 spiro atoms. The maximum atomic E-state index is 13.4. The van der Waals surface area contributed by atoms with Crippen LogP contribution >= 0.6 is 0 Å². The Labute approximate surface area is 145 Å². The highest BCUT2D eigenvalue weighted by Gasteiger charge is 2.18. The average Bonchev–Trinajstić information content (AvgIpc) is 2.61. The fourth-order valence-corrected chi connectivity index (χ4v) is 2.61. The molecule has 0 saturated carbocycles. The lowest BCUT2D eigenvalue weighted by atomic mass is 10.1. The highest BCUT2D eigenvalue weighted by Crippen LogP contribution is 2.22. The second kappa shape index (κ2) is 6.17. The van der Waals surface area contributed by atoms with Crippen LogP contribution in [-0.2, 0) is 14.1 Å². The van der Waals surface area contributed by atoms with E-state index in [9.17, 15) is 23.2 Å². The van der Waals surface area contributed by atoms with Crippen LogP contribution in [0, 0.1) is 18.6 Å². The van der Waals surface area contributed by atoms with Crippen LogP contribution < -0.4 is 16.6 Å². The molecule has 0 unspecified atom stereocenters. The van der Waals surface area contributed by atoms with Crippen molar-refractivity contribution in [3.63, 3.8) is 0 Å². The van der Waals surface area contributed by atoms with Gasteiger partial charge in [0.2, 0.25) is 0 Å². The first-order valence-corrected chi connectivity index (χ1v) is 7.54. The standard InChI is InChI=1S/C17H14F2N4O3/c1-8-7-20-14-12(16(25)23(3)17(26)22(14)2)13(8)21-15(24)9-4-5-10(18)11(19)6-9/h4-7H,1-3H3,(H,20,21,24). The van der Waals surface area contributed by atoms with E-state index in [1.165, 1.54) is 24.9 Å². The number of anilines is 1. The minimum absolute atomic E-state index is 0.0468. The third-order valence-corrected chi connectivity index (χ3v) is 4.08. The van der Waals surface area contributed by atoms with Crippen molar-refractivity contribution in [1.82, 2.24) is 14.1 Å². The molecule has 0 aliphatic rings. The number of hydrogen-bond donors (Lipinski definition) is 1. The van der Waals surface area contributed by atoms with Crippen LogP contribution in [0.4, 0.5) is 14.5 Å². The minimum atomic E-state index is -1.16. The fraction of sp³-hybridized carbons (Fsp3) is 0.176. The van der Waals surface area contributed by atoms with Gasteiger partial charge in [-0.2, -0.15) is 0 Å². The lowest BCUT2D eigenvalue weighted by Gasteiger charge is -2.13. The van der Waals surface area contributed by atoms with Gasteiger partial charge in [0.1, 0.15) is 5.39 Å². The summed E-state index contributed by atoms with van der Waals surface area (Å²) in [5.74, 6) is -2.96. The second-order valence-corrected chi connectivity index (χ2v) is 5.80. The number of carbonyl (C=O) groups is 1. The molecular formula is C17H14F2N4O3. The lowest BCUT2D eigenvalue weighted by molar-refractivity contribution is 0.102. The summed E-state index contributed by atoms with van der Waals surface area (Å²) in [6.45, 7) is 1.62. The van der Waals surface area contributed by atoms with Crippen LogP contribution in [0.1, 0.15) is 15.9 Å². The summed E-state index contributed by atoms with van der Waals surface area (Å²) in [6, 6.07) is 2.72. The van der Waals surface area contributed by atoms with Gasteiger partial charge in [-0.15, -0.1) is 0 Å². The van der Waals surface area contributed by atoms with Gasteiger partial charge in [0.05, 0.1) is 5.69 Å². The Hall–Kier alpha value is -3.36. The number of carbonyl (C=O) groups excluding carboxylic acids is 1. The van der Waals surface area contributed by atoms with Crippen molar-refractivity contribution in [2.75, 3.05) is 5.32 Å². The van der Waals surface area contributed by atoms with E-state index in [4.69, 9.17) is 0 Å². The van der Waals surface area contributed by atoms with E-state index in [2.05, 4.69) is 10.3 Å². The molecule has 0 atom stereocenters. The van der Waals surface area contributed by atoms with Crippen molar-refractivity contribution < 1.29 is 13.6 Å². The number of nitrogens with one attached hydrogen (secondary N) is 1. The van der Waals surface area contributed by atoms with Gasteiger partial charge >= 0.3 is 5.69 Å². The van der Waals surface area contributed by atoms with Crippen LogP contribution in [0.3, 0.4) is 0 Å². The predicted octanol–water partition coefficient (Wildman–Crippen LogP) is 1.47. The topological polar surface area (TPSA) is 86.0 Å². The Morgan fingerprint density at radius 2 is 1.81 bits per heavy atom. The summed E-state index contributed by atoms with van der Waals surface area (Å²) in [5.41, 5.74) is -0.569. The number of fused-ring (bicyclic) bond motifs is 1. The summed E-state index contributed by atoms with van der Waals surface area (Å²) >= 11 is 0. The van der Waals surface area contributed by atoms with Gasteiger partial charge in [0, 0.05) is 25.9 Å². The summed E-state index contributed by atoms with van der Waals surface area (Å²) in [6.07, 6.45) is 1.40. The van der Waals surface area contributed by atoms with E-state index in [0.29, 0.717) is 5.56 Å². The van der Waals surface area contributed by atoms with Crippen LogP contribution in [0.2, 0.25) is 0 Å². The molecule has 0 radical (unpaired) electrons. The zero-order chi connectivity index (χ0) is 19.2. The molecule has 2 aromatic heterocycles. The molecule has 1 N–H and O–H groups in total. The van der Waals surface area contributed by atoms with Gasteiger partial charge in [-0.1, -0.05) is 0 Å². The predicted molar refractivity (Wildman–Crippen MR) is 91.3 cm³/mol.